The fraction of sp³-hybridized carbons (Fsp3) is 0.556. The number of benzene rings is 1. The van der Waals surface area contributed by atoms with Gasteiger partial charge in [-0.1, -0.05) is 32.9 Å². The molecule has 1 aliphatic rings. The van der Waals surface area contributed by atoms with Crippen LogP contribution in [0.3, 0.4) is 0 Å². The minimum Gasteiger partial charge on any atom is -0.465 e. The Kier molecular flexibility index (Phi) is 4.97. The summed E-state index contributed by atoms with van der Waals surface area (Å²) in [5, 5.41) is 9.43. The quantitative estimate of drug-likeness (QED) is 0.843. The molecule has 1 N–H and O–H groups in total. The first-order valence-electron chi connectivity index (χ1n) is 7.92. The molecule has 0 spiro atoms. The van der Waals surface area contributed by atoms with Gasteiger partial charge in [0.25, 0.3) is 0 Å². The van der Waals surface area contributed by atoms with Crippen molar-refractivity contribution < 1.29 is 19.4 Å². The normalized spacial score (nSPS) is 21.8. The number of amides is 1. The SMILES string of the molecule is COC(=O)c1ccc(C2CCN(C(=O)O)C(C(C)(C)C)C2)cc1. The summed E-state index contributed by atoms with van der Waals surface area (Å²) in [7, 11) is 1.37. The third-order valence-electron chi connectivity index (χ3n) is 4.65. The molecular formula is C18H25NO4. The molecule has 1 aromatic rings. The lowest BCUT2D eigenvalue weighted by Crippen LogP contribution is -2.51. The molecule has 2 unspecified atom stereocenters. The van der Waals surface area contributed by atoms with Gasteiger partial charge in [-0.2, -0.15) is 0 Å². The zero-order chi connectivity index (χ0) is 17.2. The third-order valence-corrected chi connectivity index (χ3v) is 4.65. The molecule has 0 saturated carbocycles. The van der Waals surface area contributed by atoms with Gasteiger partial charge in [0.2, 0.25) is 0 Å². The summed E-state index contributed by atoms with van der Waals surface area (Å²) >= 11 is 0. The van der Waals surface area contributed by atoms with Crippen LogP contribution in [-0.4, -0.2) is 41.8 Å². The standard InChI is InChI=1S/C18H25NO4/c1-18(2,3)15-11-14(9-10-19(15)17(21)22)12-5-7-13(8-6-12)16(20)23-4/h5-8,14-15H,9-11H2,1-4H3,(H,21,22). The molecule has 126 valence electrons. The molecule has 1 fully saturated rings. The summed E-state index contributed by atoms with van der Waals surface area (Å²) in [6.07, 6.45) is 0.758. The molecule has 5 nitrogen and oxygen atoms in total. The molecule has 1 amide bonds. The van der Waals surface area contributed by atoms with Crippen molar-refractivity contribution in [1.82, 2.24) is 4.90 Å². The van der Waals surface area contributed by atoms with Crippen LogP contribution < -0.4 is 0 Å². The van der Waals surface area contributed by atoms with Gasteiger partial charge in [0.15, 0.2) is 0 Å². The number of esters is 1. The topological polar surface area (TPSA) is 66.8 Å². The number of rotatable bonds is 2. The van der Waals surface area contributed by atoms with Crippen LogP contribution in [0.25, 0.3) is 0 Å². The first kappa shape index (κ1) is 17.3. The second-order valence-corrected chi connectivity index (χ2v) is 7.19. The van der Waals surface area contributed by atoms with Gasteiger partial charge in [-0.25, -0.2) is 9.59 Å². The highest BCUT2D eigenvalue weighted by Crippen LogP contribution is 2.39. The summed E-state index contributed by atoms with van der Waals surface area (Å²) < 4.78 is 4.71. The average Bonchev–Trinajstić information content (AvgIpc) is 2.52. The minimum atomic E-state index is -0.843. The Morgan fingerprint density at radius 2 is 1.83 bits per heavy atom. The molecule has 2 atom stereocenters. The number of likely N-dealkylation sites (tertiary alicyclic amines) is 1. The number of ether oxygens (including phenoxy) is 1. The summed E-state index contributed by atoms with van der Waals surface area (Å²) in [5.74, 6) is -0.0358. The van der Waals surface area contributed by atoms with Crippen LogP contribution in [0.15, 0.2) is 24.3 Å². The smallest absolute Gasteiger partial charge is 0.407 e. The molecule has 1 heterocycles. The van der Waals surface area contributed by atoms with Crippen LogP contribution in [0.1, 0.15) is 55.5 Å². The van der Waals surface area contributed by atoms with Gasteiger partial charge in [-0.15, -0.1) is 0 Å². The van der Waals surface area contributed by atoms with E-state index < -0.39 is 6.09 Å². The van der Waals surface area contributed by atoms with E-state index in [0.717, 1.165) is 18.4 Å². The molecule has 1 saturated heterocycles. The Morgan fingerprint density at radius 3 is 2.30 bits per heavy atom. The van der Waals surface area contributed by atoms with E-state index in [9.17, 15) is 14.7 Å². The van der Waals surface area contributed by atoms with Gasteiger partial charge < -0.3 is 14.7 Å². The number of hydrogen-bond acceptors (Lipinski definition) is 3. The highest BCUT2D eigenvalue weighted by Gasteiger charge is 2.38. The van der Waals surface area contributed by atoms with E-state index in [-0.39, 0.29) is 17.4 Å². The Balaban J connectivity index is 2.18. The molecule has 2 rings (SSSR count). The minimum absolute atomic E-state index is 0.0148. The fourth-order valence-electron chi connectivity index (χ4n) is 3.33. The molecule has 1 aromatic carbocycles. The van der Waals surface area contributed by atoms with E-state index in [4.69, 9.17) is 4.74 Å². The summed E-state index contributed by atoms with van der Waals surface area (Å²) in [4.78, 5) is 24.6. The van der Waals surface area contributed by atoms with Crippen molar-refractivity contribution >= 4 is 12.1 Å². The number of piperidine rings is 1. The van der Waals surface area contributed by atoms with Gasteiger partial charge in [0.1, 0.15) is 0 Å². The van der Waals surface area contributed by atoms with Crippen molar-refractivity contribution in [3.63, 3.8) is 0 Å². The van der Waals surface area contributed by atoms with Crippen molar-refractivity contribution in [2.75, 3.05) is 13.7 Å². The van der Waals surface area contributed by atoms with Crippen LogP contribution in [0, 0.1) is 5.41 Å². The van der Waals surface area contributed by atoms with E-state index in [0.29, 0.717) is 18.0 Å². The summed E-state index contributed by atoms with van der Waals surface area (Å²) in [5.41, 5.74) is 1.58. The van der Waals surface area contributed by atoms with Crippen molar-refractivity contribution in [3.05, 3.63) is 35.4 Å². The van der Waals surface area contributed by atoms with Crippen molar-refractivity contribution in [2.24, 2.45) is 5.41 Å². The highest BCUT2D eigenvalue weighted by molar-refractivity contribution is 5.89. The van der Waals surface area contributed by atoms with E-state index in [1.54, 1.807) is 17.0 Å². The van der Waals surface area contributed by atoms with Crippen LogP contribution in [-0.2, 0) is 4.74 Å². The van der Waals surface area contributed by atoms with Gasteiger partial charge in [0.05, 0.1) is 12.7 Å². The zero-order valence-corrected chi connectivity index (χ0v) is 14.2. The molecule has 0 aliphatic carbocycles. The van der Waals surface area contributed by atoms with Crippen LogP contribution in [0.2, 0.25) is 0 Å². The predicted molar refractivity (Wildman–Crippen MR) is 87.7 cm³/mol. The van der Waals surface area contributed by atoms with E-state index >= 15 is 0 Å². The molecule has 0 bridgehead atoms. The molecule has 0 radical (unpaired) electrons. The summed E-state index contributed by atoms with van der Waals surface area (Å²) in [6.45, 7) is 6.78. The fourth-order valence-corrected chi connectivity index (χ4v) is 3.33. The van der Waals surface area contributed by atoms with Gasteiger partial charge in [0, 0.05) is 12.6 Å². The van der Waals surface area contributed by atoms with Crippen molar-refractivity contribution in [1.29, 1.82) is 0 Å². The molecule has 1 aliphatic heterocycles. The van der Waals surface area contributed by atoms with Gasteiger partial charge in [-0.05, 0) is 41.9 Å². The number of hydrogen-bond donors (Lipinski definition) is 1. The molecule has 5 heteroatoms. The zero-order valence-electron chi connectivity index (χ0n) is 14.2. The predicted octanol–water partition coefficient (Wildman–Crippen LogP) is 3.75. The van der Waals surface area contributed by atoms with Crippen molar-refractivity contribution in [2.45, 2.75) is 45.6 Å². The van der Waals surface area contributed by atoms with E-state index in [1.807, 2.05) is 12.1 Å². The Morgan fingerprint density at radius 1 is 1.22 bits per heavy atom. The number of nitrogens with zero attached hydrogens (tertiary/aromatic N) is 1. The first-order valence-corrected chi connectivity index (χ1v) is 7.92. The van der Waals surface area contributed by atoms with Crippen LogP contribution in [0.4, 0.5) is 4.79 Å². The Hall–Kier alpha value is -2.04. The van der Waals surface area contributed by atoms with E-state index in [2.05, 4.69) is 20.8 Å². The lowest BCUT2D eigenvalue weighted by atomic mass is 9.75. The second-order valence-electron chi connectivity index (χ2n) is 7.19. The number of carbonyl (C=O) groups excluding carboxylic acids is 1. The second kappa shape index (κ2) is 6.60. The largest absolute Gasteiger partial charge is 0.465 e. The lowest BCUT2D eigenvalue weighted by Gasteiger charge is -2.44. The molecule has 23 heavy (non-hydrogen) atoms. The maximum absolute atomic E-state index is 11.5. The maximum Gasteiger partial charge on any atom is 0.407 e. The van der Waals surface area contributed by atoms with E-state index in [1.165, 1.54) is 7.11 Å². The molecule has 0 aromatic heterocycles. The van der Waals surface area contributed by atoms with Gasteiger partial charge in [-0.3, -0.25) is 0 Å². The lowest BCUT2D eigenvalue weighted by molar-refractivity contribution is 0.0525. The number of methoxy groups -OCH3 is 1. The van der Waals surface area contributed by atoms with Crippen LogP contribution >= 0.6 is 0 Å². The van der Waals surface area contributed by atoms with Crippen molar-refractivity contribution in [3.8, 4) is 0 Å². The monoisotopic (exact) mass is 319 g/mol. The Bertz CT molecular complexity index is 574. The average molecular weight is 319 g/mol. The Labute approximate surface area is 137 Å². The number of carboxylic acid groups (broad SMARTS) is 1. The van der Waals surface area contributed by atoms with Crippen LogP contribution in [0.5, 0.6) is 0 Å². The summed E-state index contributed by atoms with van der Waals surface area (Å²) in [6, 6.07) is 7.44. The molecular weight excluding hydrogens is 294 g/mol. The maximum atomic E-state index is 11.5. The van der Waals surface area contributed by atoms with Gasteiger partial charge >= 0.3 is 12.1 Å². The third kappa shape index (κ3) is 3.84. The number of carbonyl (C=O) groups is 2. The highest BCUT2D eigenvalue weighted by atomic mass is 16.5. The first-order chi connectivity index (χ1) is 10.7.